The number of aromatic nitrogens is 1. The van der Waals surface area contributed by atoms with E-state index in [4.69, 9.17) is 11.5 Å². The third-order valence-electron chi connectivity index (χ3n) is 2.69. The van der Waals surface area contributed by atoms with Gasteiger partial charge in [0.25, 0.3) is 0 Å². The molecule has 0 saturated heterocycles. The minimum atomic E-state index is -0.370. The van der Waals surface area contributed by atoms with Crippen LogP contribution in [0, 0.1) is 6.92 Å². The zero-order valence-electron chi connectivity index (χ0n) is 10.6. The molecule has 4 N–H and O–H groups in total. The highest BCUT2D eigenvalue weighted by Gasteiger charge is 2.18. The number of nitrogens with two attached hydrogens (primary N) is 2. The molecule has 5 heteroatoms. The van der Waals surface area contributed by atoms with Gasteiger partial charge in [-0.25, -0.2) is 4.98 Å². The number of hydrogen-bond acceptors (Lipinski definition) is 4. The van der Waals surface area contributed by atoms with E-state index in [1.165, 1.54) is 0 Å². The molecule has 1 rings (SSSR count). The Kier molecular flexibility index (Phi) is 4.45. The molecule has 0 aromatic carbocycles. The van der Waals surface area contributed by atoms with Crippen LogP contribution in [0.3, 0.4) is 0 Å². The molecule has 0 saturated carbocycles. The Morgan fingerprint density at radius 2 is 2.18 bits per heavy atom. The lowest BCUT2D eigenvalue weighted by atomic mass is 10.1. The second-order valence-electron chi connectivity index (χ2n) is 4.32. The van der Waals surface area contributed by atoms with Gasteiger partial charge in [0.1, 0.15) is 5.82 Å². The summed E-state index contributed by atoms with van der Waals surface area (Å²) in [5, 5.41) is 0. The van der Waals surface area contributed by atoms with Crippen LogP contribution in [0.4, 0.5) is 5.82 Å². The first-order valence-corrected chi connectivity index (χ1v) is 5.66. The van der Waals surface area contributed by atoms with Crippen molar-refractivity contribution in [1.82, 2.24) is 4.98 Å². The Hall–Kier alpha value is -1.62. The number of primary amides is 1. The van der Waals surface area contributed by atoms with Gasteiger partial charge in [-0.05, 0) is 32.4 Å². The molecule has 0 fully saturated rings. The number of pyridine rings is 1. The van der Waals surface area contributed by atoms with Gasteiger partial charge in [0.05, 0.1) is 6.54 Å². The first kappa shape index (κ1) is 13.4. The second kappa shape index (κ2) is 5.63. The lowest BCUT2D eigenvalue weighted by Gasteiger charge is -2.28. The summed E-state index contributed by atoms with van der Waals surface area (Å²) in [4.78, 5) is 17.3. The summed E-state index contributed by atoms with van der Waals surface area (Å²) in [6.45, 7) is 6.52. The molecule has 0 aliphatic rings. The summed E-state index contributed by atoms with van der Waals surface area (Å²) < 4.78 is 0. The normalized spacial score (nSPS) is 10.6. The van der Waals surface area contributed by atoms with Crippen molar-refractivity contribution < 1.29 is 4.79 Å². The number of anilines is 1. The Bertz CT molecular complexity index is 403. The third kappa shape index (κ3) is 3.17. The predicted molar refractivity (Wildman–Crippen MR) is 68.5 cm³/mol. The van der Waals surface area contributed by atoms with Gasteiger partial charge in [-0.15, -0.1) is 0 Å². The van der Waals surface area contributed by atoms with Crippen LogP contribution in [-0.4, -0.2) is 23.5 Å². The Morgan fingerprint density at radius 1 is 1.53 bits per heavy atom. The molecule has 0 unspecified atom stereocenters. The van der Waals surface area contributed by atoms with Crippen LogP contribution >= 0.6 is 0 Å². The third-order valence-corrected chi connectivity index (χ3v) is 2.69. The first-order valence-electron chi connectivity index (χ1n) is 5.66. The van der Waals surface area contributed by atoms with Crippen LogP contribution in [-0.2, 0) is 11.3 Å². The fraction of sp³-hybridized carbons (Fsp3) is 0.500. The molecule has 0 spiro atoms. The maximum Gasteiger partial charge on any atom is 0.237 e. The number of nitrogens with zero attached hydrogens (tertiary/aromatic N) is 2. The Balaban J connectivity index is 3.18. The highest BCUT2D eigenvalue weighted by molar-refractivity contribution is 5.79. The maximum absolute atomic E-state index is 11.1. The SMILES string of the molecule is Cc1ccnc(N(CC(N)=O)C(C)C)c1CN. The molecule has 1 aromatic heterocycles. The molecule has 0 bridgehead atoms. The van der Waals surface area contributed by atoms with E-state index in [9.17, 15) is 4.79 Å². The van der Waals surface area contributed by atoms with Crippen LogP contribution in [0.2, 0.25) is 0 Å². The van der Waals surface area contributed by atoms with Gasteiger partial charge < -0.3 is 16.4 Å². The van der Waals surface area contributed by atoms with E-state index in [0.717, 1.165) is 16.9 Å². The van der Waals surface area contributed by atoms with E-state index in [1.807, 2.05) is 31.7 Å². The van der Waals surface area contributed by atoms with E-state index in [1.54, 1.807) is 6.20 Å². The number of carbonyl (C=O) groups excluding carboxylic acids is 1. The average molecular weight is 236 g/mol. The largest absolute Gasteiger partial charge is 0.368 e. The zero-order chi connectivity index (χ0) is 13.0. The highest BCUT2D eigenvalue weighted by Crippen LogP contribution is 2.21. The van der Waals surface area contributed by atoms with Gasteiger partial charge in [-0.3, -0.25) is 4.79 Å². The summed E-state index contributed by atoms with van der Waals surface area (Å²) >= 11 is 0. The quantitative estimate of drug-likeness (QED) is 0.781. The van der Waals surface area contributed by atoms with Gasteiger partial charge in [0, 0.05) is 24.3 Å². The molecular formula is C12H20N4O. The molecule has 0 radical (unpaired) electrons. The number of hydrogen-bond donors (Lipinski definition) is 2. The van der Waals surface area contributed by atoms with Crippen molar-refractivity contribution in [1.29, 1.82) is 0 Å². The molecule has 0 aliphatic heterocycles. The molecule has 1 aromatic rings. The smallest absolute Gasteiger partial charge is 0.237 e. The van der Waals surface area contributed by atoms with Crippen LogP contribution in [0.15, 0.2) is 12.3 Å². The van der Waals surface area contributed by atoms with Crippen LogP contribution in [0.25, 0.3) is 0 Å². The van der Waals surface area contributed by atoms with Crippen LogP contribution < -0.4 is 16.4 Å². The average Bonchev–Trinajstić information content (AvgIpc) is 2.25. The number of carbonyl (C=O) groups is 1. The van der Waals surface area contributed by atoms with Crippen LogP contribution in [0.5, 0.6) is 0 Å². The fourth-order valence-corrected chi connectivity index (χ4v) is 1.74. The fourth-order valence-electron chi connectivity index (χ4n) is 1.74. The van der Waals surface area contributed by atoms with Crippen molar-refractivity contribution in [3.05, 3.63) is 23.4 Å². The summed E-state index contributed by atoms with van der Waals surface area (Å²) in [5.41, 5.74) is 13.0. The van der Waals surface area contributed by atoms with Gasteiger partial charge >= 0.3 is 0 Å². The molecule has 94 valence electrons. The molecular weight excluding hydrogens is 216 g/mol. The summed E-state index contributed by atoms with van der Waals surface area (Å²) in [5.74, 6) is 0.381. The van der Waals surface area contributed by atoms with Crippen LogP contribution in [0.1, 0.15) is 25.0 Å². The van der Waals surface area contributed by atoms with Crippen molar-refractivity contribution in [2.45, 2.75) is 33.4 Å². The minimum absolute atomic E-state index is 0.141. The van der Waals surface area contributed by atoms with Gasteiger partial charge in [0.15, 0.2) is 0 Å². The number of aryl methyl sites for hydroxylation is 1. The van der Waals surface area contributed by atoms with E-state index in [0.29, 0.717) is 6.54 Å². The second-order valence-corrected chi connectivity index (χ2v) is 4.32. The molecule has 17 heavy (non-hydrogen) atoms. The summed E-state index contributed by atoms with van der Waals surface area (Å²) in [7, 11) is 0. The van der Waals surface area contributed by atoms with Crippen molar-refractivity contribution in [3.63, 3.8) is 0 Å². The summed E-state index contributed by atoms with van der Waals surface area (Å²) in [6.07, 6.45) is 1.72. The molecule has 1 amide bonds. The lowest BCUT2D eigenvalue weighted by molar-refractivity contribution is -0.116. The molecule has 5 nitrogen and oxygen atoms in total. The van der Waals surface area contributed by atoms with E-state index in [2.05, 4.69) is 4.98 Å². The van der Waals surface area contributed by atoms with E-state index >= 15 is 0 Å². The number of rotatable bonds is 5. The monoisotopic (exact) mass is 236 g/mol. The molecule has 0 aliphatic carbocycles. The topological polar surface area (TPSA) is 85.2 Å². The maximum atomic E-state index is 11.1. The van der Waals surface area contributed by atoms with E-state index in [-0.39, 0.29) is 18.5 Å². The zero-order valence-corrected chi connectivity index (χ0v) is 10.6. The van der Waals surface area contributed by atoms with E-state index < -0.39 is 0 Å². The molecule has 1 heterocycles. The van der Waals surface area contributed by atoms with Crippen molar-refractivity contribution in [2.24, 2.45) is 11.5 Å². The Labute approximate surface area is 102 Å². The Morgan fingerprint density at radius 3 is 2.65 bits per heavy atom. The lowest BCUT2D eigenvalue weighted by Crippen LogP contribution is -2.40. The van der Waals surface area contributed by atoms with Gasteiger partial charge in [-0.2, -0.15) is 0 Å². The predicted octanol–water partition coefficient (Wildman–Crippen LogP) is 0.549. The van der Waals surface area contributed by atoms with Crippen molar-refractivity contribution >= 4 is 11.7 Å². The summed E-state index contributed by atoms with van der Waals surface area (Å²) in [6, 6.07) is 2.05. The van der Waals surface area contributed by atoms with Crippen molar-refractivity contribution in [2.75, 3.05) is 11.4 Å². The van der Waals surface area contributed by atoms with Gasteiger partial charge in [0.2, 0.25) is 5.91 Å². The van der Waals surface area contributed by atoms with Crippen molar-refractivity contribution in [3.8, 4) is 0 Å². The highest BCUT2D eigenvalue weighted by atomic mass is 16.1. The first-order chi connectivity index (χ1) is 7.97. The molecule has 0 atom stereocenters. The number of amides is 1. The standard InChI is InChI=1S/C12H20N4O/c1-8(2)16(7-11(14)17)12-10(6-13)9(3)4-5-15-12/h4-5,8H,6-7,13H2,1-3H3,(H2,14,17). The minimum Gasteiger partial charge on any atom is -0.368 e. The van der Waals surface area contributed by atoms with Gasteiger partial charge in [-0.1, -0.05) is 0 Å².